The second-order valence-corrected chi connectivity index (χ2v) is 6.96. The van der Waals surface area contributed by atoms with E-state index in [0.29, 0.717) is 24.7 Å². The van der Waals surface area contributed by atoms with Gasteiger partial charge in [0, 0.05) is 37.8 Å². The summed E-state index contributed by atoms with van der Waals surface area (Å²) in [5.41, 5.74) is 0.952. The van der Waals surface area contributed by atoms with Crippen molar-refractivity contribution in [2.75, 3.05) is 13.1 Å². The largest absolute Gasteiger partial charge is 0.481 e. The lowest BCUT2D eigenvalue weighted by molar-refractivity contribution is -0.141. The Morgan fingerprint density at radius 1 is 1.27 bits per heavy atom. The first-order valence-electron chi connectivity index (χ1n) is 8.83. The first-order chi connectivity index (χ1) is 12.5. The zero-order valence-electron chi connectivity index (χ0n) is 15.0. The van der Waals surface area contributed by atoms with Crippen LogP contribution < -0.4 is 0 Å². The Labute approximate surface area is 152 Å². The zero-order valence-corrected chi connectivity index (χ0v) is 15.0. The lowest BCUT2D eigenvalue weighted by Gasteiger charge is -2.16. The van der Waals surface area contributed by atoms with E-state index in [4.69, 9.17) is 4.52 Å². The number of nitrogens with zero attached hydrogens (tertiary/aromatic N) is 3. The highest BCUT2D eigenvalue weighted by atomic mass is 16.5. The molecule has 2 unspecified atom stereocenters. The van der Waals surface area contributed by atoms with Crippen LogP contribution in [-0.4, -0.2) is 45.1 Å². The van der Waals surface area contributed by atoms with Gasteiger partial charge in [-0.1, -0.05) is 49.3 Å². The number of hydrogen-bond donors (Lipinski definition) is 1. The normalized spacial score (nSPS) is 19.9. The molecule has 0 spiro atoms. The predicted molar refractivity (Wildman–Crippen MR) is 93.6 cm³/mol. The summed E-state index contributed by atoms with van der Waals surface area (Å²) in [6, 6.07) is 9.51. The van der Waals surface area contributed by atoms with Crippen molar-refractivity contribution >= 4 is 11.9 Å². The standard InChI is InChI=1S/C19H23N3O4/c1-12(2)18-20-16(26-21-18)8-9-17(23)22-10-14(15(11-22)19(24)25)13-6-4-3-5-7-13/h3-7,12,14-15H,8-11H2,1-2H3,(H,24,25). The van der Waals surface area contributed by atoms with Crippen molar-refractivity contribution < 1.29 is 19.2 Å². The molecule has 0 saturated carbocycles. The first-order valence-corrected chi connectivity index (χ1v) is 8.83. The van der Waals surface area contributed by atoms with E-state index in [-0.39, 0.29) is 30.7 Å². The van der Waals surface area contributed by atoms with E-state index in [1.165, 1.54) is 0 Å². The third-order valence-electron chi connectivity index (χ3n) is 4.77. The van der Waals surface area contributed by atoms with Crippen molar-refractivity contribution in [3.05, 3.63) is 47.6 Å². The minimum Gasteiger partial charge on any atom is -0.481 e. The molecule has 0 radical (unpaired) electrons. The summed E-state index contributed by atoms with van der Waals surface area (Å²) >= 11 is 0. The molecule has 0 aliphatic carbocycles. The van der Waals surface area contributed by atoms with E-state index in [1.807, 2.05) is 44.2 Å². The summed E-state index contributed by atoms with van der Waals surface area (Å²) in [4.78, 5) is 30.1. The van der Waals surface area contributed by atoms with Gasteiger partial charge in [0.1, 0.15) is 0 Å². The van der Waals surface area contributed by atoms with Crippen LogP contribution in [0.1, 0.15) is 49.4 Å². The highest BCUT2D eigenvalue weighted by Crippen LogP contribution is 2.33. The molecule has 3 rings (SSSR count). The smallest absolute Gasteiger partial charge is 0.308 e. The molecule has 2 aromatic rings. The quantitative estimate of drug-likeness (QED) is 0.853. The number of carbonyl (C=O) groups excluding carboxylic acids is 1. The molecule has 7 heteroatoms. The van der Waals surface area contributed by atoms with Crippen LogP contribution in [0.3, 0.4) is 0 Å². The van der Waals surface area contributed by atoms with Crippen molar-refractivity contribution in [2.24, 2.45) is 5.92 Å². The van der Waals surface area contributed by atoms with Crippen LogP contribution in [0.2, 0.25) is 0 Å². The van der Waals surface area contributed by atoms with Gasteiger partial charge in [0.05, 0.1) is 5.92 Å². The summed E-state index contributed by atoms with van der Waals surface area (Å²) in [6.07, 6.45) is 0.594. The number of carboxylic acid groups (broad SMARTS) is 1. The summed E-state index contributed by atoms with van der Waals surface area (Å²) < 4.78 is 5.16. The van der Waals surface area contributed by atoms with Gasteiger partial charge in [0.2, 0.25) is 11.8 Å². The van der Waals surface area contributed by atoms with Crippen LogP contribution >= 0.6 is 0 Å². The lowest BCUT2D eigenvalue weighted by Crippen LogP contribution is -2.30. The summed E-state index contributed by atoms with van der Waals surface area (Å²) in [5, 5.41) is 13.4. The van der Waals surface area contributed by atoms with Crippen LogP contribution in [0, 0.1) is 5.92 Å². The number of benzene rings is 1. The van der Waals surface area contributed by atoms with Gasteiger partial charge in [0.15, 0.2) is 5.82 Å². The number of aromatic nitrogens is 2. The first kappa shape index (κ1) is 18.1. The monoisotopic (exact) mass is 357 g/mol. The maximum Gasteiger partial charge on any atom is 0.308 e. The Bertz CT molecular complexity index is 772. The van der Waals surface area contributed by atoms with Crippen molar-refractivity contribution in [1.82, 2.24) is 15.0 Å². The third-order valence-corrected chi connectivity index (χ3v) is 4.77. The van der Waals surface area contributed by atoms with Gasteiger partial charge in [-0.05, 0) is 5.56 Å². The molecule has 7 nitrogen and oxygen atoms in total. The summed E-state index contributed by atoms with van der Waals surface area (Å²) in [5.74, 6) is -0.485. The Morgan fingerprint density at radius 3 is 2.62 bits per heavy atom. The van der Waals surface area contributed by atoms with Crippen molar-refractivity contribution in [2.45, 2.75) is 38.5 Å². The number of likely N-dealkylation sites (tertiary alicyclic amines) is 1. The van der Waals surface area contributed by atoms with E-state index in [9.17, 15) is 14.7 Å². The zero-order chi connectivity index (χ0) is 18.7. The van der Waals surface area contributed by atoms with Gasteiger partial charge in [-0.3, -0.25) is 9.59 Å². The SMILES string of the molecule is CC(C)c1noc(CCC(=O)N2CC(C(=O)O)C(c3ccccc3)C2)n1. The summed E-state index contributed by atoms with van der Waals surface area (Å²) in [6.45, 7) is 4.59. The highest BCUT2D eigenvalue weighted by Gasteiger charge is 2.40. The molecule has 26 heavy (non-hydrogen) atoms. The molecule has 1 aliphatic rings. The minimum absolute atomic E-state index is 0.0843. The Balaban J connectivity index is 1.63. The maximum atomic E-state index is 12.5. The second kappa shape index (κ2) is 7.68. The van der Waals surface area contributed by atoms with Crippen LogP contribution in [0.25, 0.3) is 0 Å². The average molecular weight is 357 g/mol. The number of carboxylic acids is 1. The molecule has 1 amide bonds. The lowest BCUT2D eigenvalue weighted by atomic mass is 9.89. The topological polar surface area (TPSA) is 96.5 Å². The highest BCUT2D eigenvalue weighted by molar-refractivity contribution is 5.79. The van der Waals surface area contributed by atoms with Gasteiger partial charge >= 0.3 is 5.97 Å². The van der Waals surface area contributed by atoms with Crippen molar-refractivity contribution in [3.8, 4) is 0 Å². The van der Waals surface area contributed by atoms with Gasteiger partial charge < -0.3 is 14.5 Å². The van der Waals surface area contributed by atoms with Gasteiger partial charge in [0.25, 0.3) is 0 Å². The fourth-order valence-corrected chi connectivity index (χ4v) is 3.27. The fraction of sp³-hybridized carbons (Fsp3) is 0.474. The fourth-order valence-electron chi connectivity index (χ4n) is 3.27. The maximum absolute atomic E-state index is 12.5. The number of rotatable bonds is 6. The van der Waals surface area contributed by atoms with E-state index in [2.05, 4.69) is 10.1 Å². The number of carbonyl (C=O) groups is 2. The third kappa shape index (κ3) is 3.92. The van der Waals surface area contributed by atoms with Crippen LogP contribution in [0.15, 0.2) is 34.9 Å². The Hall–Kier alpha value is -2.70. The van der Waals surface area contributed by atoms with Crippen molar-refractivity contribution in [1.29, 1.82) is 0 Å². The molecule has 2 atom stereocenters. The van der Waals surface area contributed by atoms with Crippen LogP contribution in [0.4, 0.5) is 0 Å². The molecule has 0 bridgehead atoms. The van der Waals surface area contributed by atoms with E-state index in [1.54, 1.807) is 4.90 Å². The molecule has 1 aliphatic heterocycles. The van der Waals surface area contributed by atoms with Crippen molar-refractivity contribution in [3.63, 3.8) is 0 Å². The van der Waals surface area contributed by atoms with E-state index >= 15 is 0 Å². The van der Waals surface area contributed by atoms with Gasteiger partial charge in [-0.15, -0.1) is 0 Å². The predicted octanol–water partition coefficient (Wildman–Crippen LogP) is 2.45. The van der Waals surface area contributed by atoms with Crippen LogP contribution in [0.5, 0.6) is 0 Å². The molecule has 1 fully saturated rings. The Kier molecular flexibility index (Phi) is 5.35. The molecule has 138 valence electrons. The number of aryl methyl sites for hydroxylation is 1. The van der Waals surface area contributed by atoms with Gasteiger partial charge in [-0.2, -0.15) is 4.98 Å². The summed E-state index contributed by atoms with van der Waals surface area (Å²) in [7, 11) is 0. The minimum atomic E-state index is -0.868. The number of hydrogen-bond acceptors (Lipinski definition) is 5. The molecule has 1 saturated heterocycles. The molecule has 1 aromatic carbocycles. The number of amides is 1. The molecule has 1 N–H and O–H groups in total. The van der Waals surface area contributed by atoms with Gasteiger partial charge in [-0.25, -0.2) is 0 Å². The molecule has 1 aromatic heterocycles. The van der Waals surface area contributed by atoms with E-state index in [0.717, 1.165) is 5.56 Å². The Morgan fingerprint density at radius 2 is 2.00 bits per heavy atom. The molecular weight excluding hydrogens is 334 g/mol. The number of aliphatic carboxylic acids is 1. The second-order valence-electron chi connectivity index (χ2n) is 6.96. The molecule has 2 heterocycles. The van der Waals surface area contributed by atoms with E-state index < -0.39 is 11.9 Å². The molecular formula is C19H23N3O4. The van der Waals surface area contributed by atoms with Crippen LogP contribution in [-0.2, 0) is 16.0 Å². The average Bonchev–Trinajstić information content (AvgIpc) is 3.28.